The van der Waals surface area contributed by atoms with Crippen LogP contribution in [0.25, 0.3) is 0 Å². The standard InChI is InChI=1S/C23H24N4O3/c1-13-20(26-22-17(23(29)30-3)5-4-10-25-22)18-11-15(12-24)6-9-19(18)27(14(2)28)21(13)16-7-8-16/h4-6,9-11,13,16,20-21H,7-8H2,1-3H3,(H,25,26)/t13-,20-,21+/m1/s1. The van der Waals surface area contributed by atoms with E-state index in [0.717, 1.165) is 24.1 Å². The number of fused-ring (bicyclic) bond motifs is 1. The van der Waals surface area contributed by atoms with Gasteiger partial charge in [-0.2, -0.15) is 5.26 Å². The second-order valence-electron chi connectivity index (χ2n) is 7.97. The molecule has 1 saturated carbocycles. The van der Waals surface area contributed by atoms with Gasteiger partial charge in [0.05, 0.1) is 24.8 Å². The summed E-state index contributed by atoms with van der Waals surface area (Å²) in [6, 6.07) is 10.8. The molecule has 2 heterocycles. The highest BCUT2D eigenvalue weighted by Crippen LogP contribution is 2.50. The highest BCUT2D eigenvalue weighted by Gasteiger charge is 2.47. The number of hydrogen-bond donors (Lipinski definition) is 1. The van der Waals surface area contributed by atoms with Crippen molar-refractivity contribution >= 4 is 23.4 Å². The van der Waals surface area contributed by atoms with E-state index in [1.165, 1.54) is 7.11 Å². The largest absolute Gasteiger partial charge is 0.465 e. The predicted molar refractivity (Wildman–Crippen MR) is 112 cm³/mol. The lowest BCUT2D eigenvalue weighted by Gasteiger charge is -2.46. The third kappa shape index (κ3) is 3.39. The Morgan fingerprint density at radius 2 is 2.07 bits per heavy atom. The van der Waals surface area contributed by atoms with Gasteiger partial charge in [-0.1, -0.05) is 6.92 Å². The number of carbonyl (C=O) groups excluding carboxylic acids is 2. The number of amides is 1. The summed E-state index contributed by atoms with van der Waals surface area (Å²) in [6.07, 6.45) is 3.80. The SMILES string of the molecule is COC(=O)c1cccnc1N[C@H]1c2cc(C#N)ccc2N(C(C)=O)[C@H](C2CC2)[C@@H]1C. The number of benzene rings is 1. The third-order valence-electron chi connectivity index (χ3n) is 6.06. The van der Waals surface area contributed by atoms with Gasteiger partial charge in [-0.3, -0.25) is 4.79 Å². The van der Waals surface area contributed by atoms with Gasteiger partial charge in [0.25, 0.3) is 0 Å². The van der Waals surface area contributed by atoms with Crippen molar-refractivity contribution in [3.8, 4) is 6.07 Å². The number of rotatable bonds is 4. The van der Waals surface area contributed by atoms with Crippen molar-refractivity contribution in [3.63, 3.8) is 0 Å². The van der Waals surface area contributed by atoms with Gasteiger partial charge >= 0.3 is 5.97 Å². The molecule has 1 fully saturated rings. The van der Waals surface area contributed by atoms with Crippen LogP contribution < -0.4 is 10.2 Å². The molecular formula is C23H24N4O3. The Morgan fingerprint density at radius 3 is 2.70 bits per heavy atom. The van der Waals surface area contributed by atoms with Crippen LogP contribution in [0.4, 0.5) is 11.5 Å². The van der Waals surface area contributed by atoms with Gasteiger partial charge in [0.2, 0.25) is 5.91 Å². The lowest BCUT2D eigenvalue weighted by Crippen LogP contribution is -2.51. The summed E-state index contributed by atoms with van der Waals surface area (Å²) in [5.41, 5.74) is 2.54. The molecule has 30 heavy (non-hydrogen) atoms. The quantitative estimate of drug-likeness (QED) is 0.781. The number of nitriles is 1. The molecule has 0 bridgehead atoms. The van der Waals surface area contributed by atoms with Gasteiger partial charge in [-0.15, -0.1) is 0 Å². The van der Waals surface area contributed by atoms with Crippen molar-refractivity contribution in [2.24, 2.45) is 11.8 Å². The maximum absolute atomic E-state index is 12.6. The second-order valence-corrected chi connectivity index (χ2v) is 7.97. The van der Waals surface area contributed by atoms with Crippen molar-refractivity contribution in [1.82, 2.24) is 4.98 Å². The van der Waals surface area contributed by atoms with Gasteiger partial charge in [-0.25, -0.2) is 9.78 Å². The van der Waals surface area contributed by atoms with Crippen molar-refractivity contribution in [2.45, 2.75) is 38.8 Å². The fourth-order valence-corrected chi connectivity index (χ4v) is 4.58. The van der Waals surface area contributed by atoms with Crippen molar-refractivity contribution in [1.29, 1.82) is 5.26 Å². The minimum Gasteiger partial charge on any atom is -0.465 e. The summed E-state index contributed by atoms with van der Waals surface area (Å²) in [5, 5.41) is 12.9. The third-order valence-corrected chi connectivity index (χ3v) is 6.06. The Labute approximate surface area is 175 Å². The molecule has 4 rings (SSSR count). The Balaban J connectivity index is 1.83. The van der Waals surface area contributed by atoms with Crippen LogP contribution >= 0.6 is 0 Å². The monoisotopic (exact) mass is 404 g/mol. The van der Waals surface area contributed by atoms with Gasteiger partial charge in [0.15, 0.2) is 0 Å². The van der Waals surface area contributed by atoms with E-state index in [0.29, 0.717) is 22.9 Å². The molecule has 1 amide bonds. The zero-order chi connectivity index (χ0) is 21.4. The summed E-state index contributed by atoms with van der Waals surface area (Å²) < 4.78 is 4.90. The van der Waals surface area contributed by atoms with Crippen molar-refractivity contribution < 1.29 is 14.3 Å². The number of esters is 1. The number of methoxy groups -OCH3 is 1. The number of carbonyl (C=O) groups is 2. The molecule has 7 heteroatoms. The van der Waals surface area contributed by atoms with Gasteiger partial charge < -0.3 is 15.0 Å². The van der Waals surface area contributed by atoms with Crippen LogP contribution in [0.2, 0.25) is 0 Å². The topological polar surface area (TPSA) is 95.3 Å². The molecule has 7 nitrogen and oxygen atoms in total. The molecule has 1 aliphatic carbocycles. The zero-order valence-electron chi connectivity index (χ0n) is 17.3. The Hall–Kier alpha value is -3.40. The first-order valence-electron chi connectivity index (χ1n) is 10.1. The van der Waals surface area contributed by atoms with Crippen LogP contribution in [0.1, 0.15) is 54.2 Å². The lowest BCUT2D eigenvalue weighted by molar-refractivity contribution is -0.117. The van der Waals surface area contributed by atoms with Crippen molar-refractivity contribution in [3.05, 3.63) is 53.2 Å². The first-order chi connectivity index (χ1) is 14.5. The molecule has 3 atom stereocenters. The lowest BCUT2D eigenvalue weighted by atomic mass is 9.79. The molecule has 1 aromatic heterocycles. The van der Waals surface area contributed by atoms with Gasteiger partial charge in [0, 0.05) is 30.8 Å². The zero-order valence-corrected chi connectivity index (χ0v) is 17.3. The molecule has 0 unspecified atom stereocenters. The first-order valence-corrected chi connectivity index (χ1v) is 10.1. The van der Waals surface area contributed by atoms with E-state index < -0.39 is 5.97 Å². The van der Waals surface area contributed by atoms with E-state index in [1.807, 2.05) is 17.0 Å². The summed E-state index contributed by atoms with van der Waals surface area (Å²) in [7, 11) is 1.34. The molecule has 1 aliphatic heterocycles. The highest BCUT2D eigenvalue weighted by molar-refractivity contribution is 5.96. The molecule has 154 valence electrons. The summed E-state index contributed by atoms with van der Waals surface area (Å²) in [5.74, 6) is 0.455. The predicted octanol–water partition coefficient (Wildman–Crippen LogP) is 3.67. The second kappa shape index (κ2) is 7.79. The average Bonchev–Trinajstić information content (AvgIpc) is 3.59. The molecular weight excluding hydrogens is 380 g/mol. The Bertz CT molecular complexity index is 1040. The van der Waals surface area contributed by atoms with Crippen LogP contribution in [0.5, 0.6) is 0 Å². The molecule has 2 aliphatic rings. The van der Waals surface area contributed by atoms with E-state index in [2.05, 4.69) is 23.3 Å². The van der Waals surface area contributed by atoms with Crippen LogP contribution in [-0.2, 0) is 9.53 Å². The normalized spacial score (nSPS) is 22.6. The number of anilines is 2. The van der Waals surface area contributed by atoms with Crippen LogP contribution in [0.15, 0.2) is 36.5 Å². The van der Waals surface area contributed by atoms with E-state index in [4.69, 9.17) is 4.74 Å². The summed E-state index contributed by atoms with van der Waals surface area (Å²) in [4.78, 5) is 31.1. The fourth-order valence-electron chi connectivity index (χ4n) is 4.58. The van der Waals surface area contributed by atoms with Gasteiger partial charge in [0.1, 0.15) is 11.4 Å². The van der Waals surface area contributed by atoms with E-state index in [-0.39, 0.29) is 23.9 Å². The number of aromatic nitrogens is 1. The molecule has 1 N–H and O–H groups in total. The Morgan fingerprint density at radius 1 is 1.30 bits per heavy atom. The Kier molecular flexibility index (Phi) is 5.17. The minimum absolute atomic E-state index is 0.00348. The van der Waals surface area contributed by atoms with E-state index in [9.17, 15) is 14.9 Å². The molecule has 1 aromatic carbocycles. The van der Waals surface area contributed by atoms with E-state index in [1.54, 1.807) is 31.3 Å². The van der Waals surface area contributed by atoms with Crippen molar-refractivity contribution in [2.75, 3.05) is 17.3 Å². The molecule has 0 radical (unpaired) electrons. The number of pyridine rings is 1. The maximum atomic E-state index is 12.6. The minimum atomic E-state index is -0.468. The molecule has 0 saturated heterocycles. The van der Waals surface area contributed by atoms with Crippen LogP contribution in [0.3, 0.4) is 0 Å². The summed E-state index contributed by atoms with van der Waals surface area (Å²) in [6.45, 7) is 3.70. The first kappa shape index (κ1) is 19.9. The number of hydrogen-bond acceptors (Lipinski definition) is 6. The molecule has 2 aromatic rings. The average molecular weight is 404 g/mol. The summed E-state index contributed by atoms with van der Waals surface area (Å²) >= 11 is 0. The van der Waals surface area contributed by atoms with Crippen LogP contribution in [-0.4, -0.2) is 30.0 Å². The highest BCUT2D eigenvalue weighted by atomic mass is 16.5. The van der Waals surface area contributed by atoms with Crippen LogP contribution in [0, 0.1) is 23.2 Å². The molecule has 0 spiro atoms. The smallest absolute Gasteiger partial charge is 0.341 e. The number of nitrogens with one attached hydrogen (secondary N) is 1. The maximum Gasteiger partial charge on any atom is 0.341 e. The number of ether oxygens (including phenoxy) is 1. The van der Waals surface area contributed by atoms with Gasteiger partial charge in [-0.05, 0) is 54.7 Å². The van der Waals surface area contributed by atoms with E-state index >= 15 is 0 Å². The number of nitrogens with zero attached hydrogens (tertiary/aromatic N) is 3. The fraction of sp³-hybridized carbons (Fsp3) is 0.391.